The van der Waals surface area contributed by atoms with Crippen LogP contribution >= 0.6 is 0 Å². The molecule has 0 fully saturated rings. The Labute approximate surface area is 132 Å². The number of anilines is 1. The maximum Gasteiger partial charge on any atom is 0.282 e. The van der Waals surface area contributed by atoms with Gasteiger partial charge in [-0.25, -0.2) is 13.2 Å². The molecule has 2 atom stereocenters. The quantitative estimate of drug-likeness (QED) is 0.873. The van der Waals surface area contributed by atoms with Crippen LogP contribution in [0.2, 0.25) is 0 Å². The average molecular weight is 323 g/mol. The summed E-state index contributed by atoms with van der Waals surface area (Å²) in [4.78, 5) is 12.1. The van der Waals surface area contributed by atoms with Gasteiger partial charge in [-0.2, -0.15) is 0 Å². The monoisotopic (exact) mass is 323 g/mol. The molecule has 0 aromatic heterocycles. The second-order valence-corrected chi connectivity index (χ2v) is 5.43. The van der Waals surface area contributed by atoms with Gasteiger partial charge in [-0.05, 0) is 50.2 Å². The van der Waals surface area contributed by atoms with Gasteiger partial charge in [0.15, 0.2) is 6.04 Å². The number of carbonyl (C=O) groups is 1. The van der Waals surface area contributed by atoms with Crippen LogP contribution in [0, 0.1) is 17.5 Å². The van der Waals surface area contributed by atoms with Gasteiger partial charge in [0.25, 0.3) is 5.91 Å². The lowest BCUT2D eigenvalue weighted by molar-refractivity contribution is -0.710. The van der Waals surface area contributed by atoms with Crippen LogP contribution in [0.25, 0.3) is 0 Å². The minimum atomic E-state index is -0.639. The largest absolute Gasteiger partial charge is 0.330 e. The molecule has 122 valence electrons. The van der Waals surface area contributed by atoms with Gasteiger partial charge in [-0.15, -0.1) is 0 Å². The van der Waals surface area contributed by atoms with Crippen LogP contribution in [-0.4, -0.2) is 11.9 Å². The Hall–Kier alpha value is -2.34. The molecule has 0 aliphatic carbocycles. The third-order valence-corrected chi connectivity index (χ3v) is 3.56. The summed E-state index contributed by atoms with van der Waals surface area (Å²) in [6.07, 6.45) is 0. The van der Waals surface area contributed by atoms with Gasteiger partial charge in [0, 0.05) is 17.3 Å². The topological polar surface area (TPSA) is 45.7 Å². The van der Waals surface area contributed by atoms with E-state index in [1.54, 1.807) is 19.2 Å². The lowest BCUT2D eigenvalue weighted by atomic mass is 10.1. The smallest absolute Gasteiger partial charge is 0.282 e. The van der Waals surface area contributed by atoms with Crippen molar-refractivity contribution in [1.29, 1.82) is 0 Å². The molecule has 0 saturated heterocycles. The van der Waals surface area contributed by atoms with Gasteiger partial charge in [0.05, 0.1) is 0 Å². The van der Waals surface area contributed by atoms with Gasteiger partial charge in [-0.1, -0.05) is 0 Å². The summed E-state index contributed by atoms with van der Waals surface area (Å²) >= 11 is 0. The van der Waals surface area contributed by atoms with Crippen LogP contribution in [0.5, 0.6) is 0 Å². The van der Waals surface area contributed by atoms with Crippen molar-refractivity contribution in [3.63, 3.8) is 0 Å². The second kappa shape index (κ2) is 7.28. The lowest BCUT2D eigenvalue weighted by Gasteiger charge is -2.17. The fraction of sp³-hybridized carbons (Fsp3) is 0.235. The van der Waals surface area contributed by atoms with E-state index in [0.29, 0.717) is 11.3 Å². The van der Waals surface area contributed by atoms with E-state index in [9.17, 15) is 18.0 Å². The molecule has 0 radical (unpaired) electrons. The highest BCUT2D eigenvalue weighted by molar-refractivity contribution is 5.93. The average Bonchev–Trinajstić information content (AvgIpc) is 2.49. The van der Waals surface area contributed by atoms with Crippen molar-refractivity contribution in [2.24, 2.45) is 0 Å². The molecule has 0 unspecified atom stereocenters. The van der Waals surface area contributed by atoms with Crippen molar-refractivity contribution in [3.8, 4) is 0 Å². The van der Waals surface area contributed by atoms with E-state index in [1.807, 2.05) is 0 Å². The zero-order valence-corrected chi connectivity index (χ0v) is 12.8. The summed E-state index contributed by atoms with van der Waals surface area (Å²) in [7, 11) is 0. The molecule has 1 amide bonds. The van der Waals surface area contributed by atoms with Gasteiger partial charge >= 0.3 is 0 Å². The van der Waals surface area contributed by atoms with Crippen LogP contribution in [0.1, 0.15) is 25.5 Å². The van der Waals surface area contributed by atoms with Crippen molar-refractivity contribution in [2.75, 3.05) is 5.32 Å². The highest BCUT2D eigenvalue weighted by Gasteiger charge is 2.22. The maximum atomic E-state index is 13.7. The van der Waals surface area contributed by atoms with Crippen LogP contribution in [0.3, 0.4) is 0 Å². The van der Waals surface area contributed by atoms with Crippen LogP contribution in [-0.2, 0) is 4.79 Å². The molecule has 3 N–H and O–H groups in total. The fourth-order valence-corrected chi connectivity index (χ4v) is 2.28. The van der Waals surface area contributed by atoms with E-state index < -0.39 is 17.7 Å². The molecular weight excluding hydrogens is 305 g/mol. The molecule has 6 heteroatoms. The SMILES string of the molecule is C[C@H]([NH2+][C@H](C)c1ccc(F)cc1F)C(=O)Nc1ccc(F)cc1. The summed E-state index contributed by atoms with van der Waals surface area (Å²) in [5, 5.41) is 4.33. The number of carbonyl (C=O) groups excluding carboxylic acids is 1. The molecule has 2 aromatic carbocycles. The van der Waals surface area contributed by atoms with E-state index in [-0.39, 0.29) is 17.8 Å². The summed E-state index contributed by atoms with van der Waals surface area (Å²) < 4.78 is 39.5. The number of rotatable bonds is 5. The predicted molar refractivity (Wildman–Crippen MR) is 81.2 cm³/mol. The highest BCUT2D eigenvalue weighted by Crippen LogP contribution is 2.15. The lowest BCUT2D eigenvalue weighted by Crippen LogP contribution is -2.91. The molecule has 0 spiro atoms. The molecule has 23 heavy (non-hydrogen) atoms. The van der Waals surface area contributed by atoms with Gasteiger partial charge in [0.1, 0.15) is 23.5 Å². The minimum Gasteiger partial charge on any atom is -0.330 e. The second-order valence-electron chi connectivity index (χ2n) is 5.43. The Kier molecular flexibility index (Phi) is 5.39. The molecular formula is C17H18F3N2O+. The molecule has 0 heterocycles. The predicted octanol–water partition coefficient (Wildman–Crippen LogP) is 2.76. The number of halogens is 3. The Morgan fingerprint density at radius 1 is 1.00 bits per heavy atom. The number of amides is 1. The summed E-state index contributed by atoms with van der Waals surface area (Å²) in [5.41, 5.74) is 0.810. The normalized spacial score (nSPS) is 13.4. The van der Waals surface area contributed by atoms with Crippen molar-refractivity contribution in [2.45, 2.75) is 25.9 Å². The Morgan fingerprint density at radius 3 is 2.22 bits per heavy atom. The number of nitrogens with one attached hydrogen (secondary N) is 1. The summed E-state index contributed by atoms with van der Waals surface area (Å²) in [5.74, 6) is -1.95. The summed E-state index contributed by atoms with van der Waals surface area (Å²) in [6.45, 7) is 3.41. The minimum absolute atomic E-state index is 0.286. The molecule has 0 aliphatic rings. The first-order valence-electron chi connectivity index (χ1n) is 7.23. The number of benzene rings is 2. The van der Waals surface area contributed by atoms with E-state index in [0.717, 1.165) is 6.07 Å². The van der Waals surface area contributed by atoms with Crippen molar-refractivity contribution in [1.82, 2.24) is 0 Å². The number of quaternary nitrogens is 1. The van der Waals surface area contributed by atoms with E-state index >= 15 is 0 Å². The highest BCUT2D eigenvalue weighted by atomic mass is 19.1. The first-order chi connectivity index (χ1) is 10.9. The molecule has 2 aromatic rings. The van der Waals surface area contributed by atoms with E-state index in [1.165, 1.54) is 36.4 Å². The van der Waals surface area contributed by atoms with Gasteiger partial charge < -0.3 is 10.6 Å². The third-order valence-electron chi connectivity index (χ3n) is 3.56. The Bertz CT molecular complexity index is 689. The van der Waals surface area contributed by atoms with E-state index in [2.05, 4.69) is 5.32 Å². The number of hydrogen-bond donors (Lipinski definition) is 2. The number of nitrogens with two attached hydrogens (primary N) is 1. The van der Waals surface area contributed by atoms with Gasteiger partial charge in [-0.3, -0.25) is 4.79 Å². The summed E-state index contributed by atoms with van der Waals surface area (Å²) in [6, 6.07) is 7.95. The van der Waals surface area contributed by atoms with Crippen LogP contribution in [0.15, 0.2) is 42.5 Å². The first-order valence-corrected chi connectivity index (χ1v) is 7.23. The molecule has 0 saturated carbocycles. The van der Waals surface area contributed by atoms with Crippen LogP contribution in [0.4, 0.5) is 18.9 Å². The Balaban J connectivity index is 1.98. The molecule has 0 bridgehead atoms. The van der Waals surface area contributed by atoms with Crippen molar-refractivity contribution < 1.29 is 23.3 Å². The van der Waals surface area contributed by atoms with E-state index in [4.69, 9.17) is 0 Å². The fourth-order valence-electron chi connectivity index (χ4n) is 2.28. The zero-order valence-electron chi connectivity index (χ0n) is 12.8. The van der Waals surface area contributed by atoms with Crippen LogP contribution < -0.4 is 10.6 Å². The van der Waals surface area contributed by atoms with Crippen molar-refractivity contribution >= 4 is 11.6 Å². The Morgan fingerprint density at radius 2 is 1.61 bits per heavy atom. The molecule has 2 rings (SSSR count). The first kappa shape index (κ1) is 17.0. The standard InChI is InChI=1S/C17H17F3N2O/c1-10(15-8-5-13(19)9-16(15)20)21-11(2)17(23)22-14-6-3-12(18)4-7-14/h3-11,21H,1-2H3,(H,22,23)/p+1/t10-,11+/m1/s1. The number of hydrogen-bond acceptors (Lipinski definition) is 1. The zero-order chi connectivity index (χ0) is 17.0. The third kappa shape index (κ3) is 4.56. The van der Waals surface area contributed by atoms with Crippen molar-refractivity contribution in [3.05, 3.63) is 65.5 Å². The molecule has 0 aliphatic heterocycles. The van der Waals surface area contributed by atoms with Gasteiger partial charge in [0.2, 0.25) is 0 Å². The molecule has 3 nitrogen and oxygen atoms in total. The maximum absolute atomic E-state index is 13.7.